The van der Waals surface area contributed by atoms with Crippen molar-refractivity contribution in [3.63, 3.8) is 0 Å². The summed E-state index contributed by atoms with van der Waals surface area (Å²) in [4.78, 5) is 33.4. The molecule has 0 aliphatic carbocycles. The lowest BCUT2D eigenvalue weighted by Gasteiger charge is -2.37. The Morgan fingerprint density at radius 3 is 2.22 bits per heavy atom. The third-order valence-corrected chi connectivity index (χ3v) is 10.3. The molecule has 7 rings (SSSR count). The molecule has 3 aromatic carbocycles. The first-order chi connectivity index (χ1) is 26.1. The minimum Gasteiger partial charge on any atom is -0.493 e. The summed E-state index contributed by atoms with van der Waals surface area (Å²) < 4.78 is 51.0. The molecule has 4 atom stereocenters. The van der Waals surface area contributed by atoms with Crippen LogP contribution < -0.4 is 20.2 Å². The van der Waals surface area contributed by atoms with E-state index in [9.17, 15) is 18.4 Å². The highest BCUT2D eigenvalue weighted by Crippen LogP contribution is 2.42. The molecule has 5 aromatic rings. The van der Waals surface area contributed by atoms with Crippen LogP contribution in [-0.2, 0) is 26.4 Å². The molecule has 2 aliphatic rings. The van der Waals surface area contributed by atoms with Crippen molar-refractivity contribution < 1.29 is 27.8 Å². The molecule has 0 spiro atoms. The highest BCUT2D eigenvalue weighted by Gasteiger charge is 2.44. The molecular weight excluding hydrogens is 698 g/mol. The van der Waals surface area contributed by atoms with Gasteiger partial charge in [0.2, 0.25) is 0 Å². The van der Waals surface area contributed by atoms with Crippen molar-refractivity contribution in [3.05, 3.63) is 113 Å². The molecule has 0 unspecified atom stereocenters. The molecule has 0 saturated carbocycles. The lowest BCUT2D eigenvalue weighted by Crippen LogP contribution is -2.46. The number of ether oxygens (including phenoxy) is 3. The zero-order valence-electron chi connectivity index (χ0n) is 30.6. The molecule has 2 saturated heterocycles. The van der Waals surface area contributed by atoms with Crippen LogP contribution in [0.1, 0.15) is 45.2 Å². The highest BCUT2D eigenvalue weighted by molar-refractivity contribution is 5.66. The molecule has 2 aliphatic heterocycles. The van der Waals surface area contributed by atoms with Gasteiger partial charge in [0.1, 0.15) is 48.1 Å². The fraction of sp³-hybridized carbons (Fsp3) is 0.410. The van der Waals surface area contributed by atoms with Crippen LogP contribution in [0.5, 0.6) is 5.75 Å². The predicted molar refractivity (Wildman–Crippen MR) is 197 cm³/mol. The summed E-state index contributed by atoms with van der Waals surface area (Å²) in [6, 6.07) is 19.1. The normalized spacial score (nSPS) is 19.8. The zero-order valence-corrected chi connectivity index (χ0v) is 30.6. The van der Waals surface area contributed by atoms with Gasteiger partial charge >= 0.3 is 11.7 Å². The number of carbonyl (C=O) groups excluding carboxylic acids is 1. The van der Waals surface area contributed by atoms with Gasteiger partial charge in [0.15, 0.2) is 0 Å². The second kappa shape index (κ2) is 15.8. The molecule has 0 amide bonds. The Morgan fingerprint density at radius 1 is 0.944 bits per heavy atom. The first-order valence-electron chi connectivity index (χ1n) is 18.2. The lowest BCUT2D eigenvalue weighted by atomic mass is 9.87. The van der Waals surface area contributed by atoms with Crippen LogP contribution in [0, 0.1) is 17.6 Å². The number of esters is 1. The van der Waals surface area contributed by atoms with Gasteiger partial charge in [0.05, 0.1) is 31.5 Å². The zero-order chi connectivity index (χ0) is 37.8. The van der Waals surface area contributed by atoms with Crippen molar-refractivity contribution in [2.45, 2.75) is 57.9 Å². The van der Waals surface area contributed by atoms with Gasteiger partial charge in [0.25, 0.3) is 0 Å². The summed E-state index contributed by atoms with van der Waals surface area (Å²) in [6.45, 7) is 9.36. The maximum atomic E-state index is 15.0. The van der Waals surface area contributed by atoms with Gasteiger partial charge in [-0.25, -0.2) is 32.5 Å². The van der Waals surface area contributed by atoms with E-state index in [1.807, 2.05) is 43.3 Å². The van der Waals surface area contributed by atoms with Crippen LogP contribution in [0.3, 0.4) is 0 Å². The Hall–Kier alpha value is -5.57. The molecule has 54 heavy (non-hydrogen) atoms. The Balaban J connectivity index is 0.918. The second-order valence-corrected chi connectivity index (χ2v) is 13.9. The van der Waals surface area contributed by atoms with E-state index in [0.29, 0.717) is 37.3 Å². The van der Waals surface area contributed by atoms with Crippen LogP contribution in [0.15, 0.2) is 90.5 Å². The van der Waals surface area contributed by atoms with E-state index in [0.717, 1.165) is 49.4 Å². The number of halogens is 2. The minimum absolute atomic E-state index is 0.0191. The van der Waals surface area contributed by atoms with Crippen LogP contribution >= 0.6 is 0 Å². The number of hydrogen-bond acceptors (Lipinski definition) is 10. The number of benzene rings is 3. The van der Waals surface area contributed by atoms with Crippen LogP contribution in [-0.4, -0.2) is 80.6 Å². The van der Waals surface area contributed by atoms with Crippen molar-refractivity contribution in [2.24, 2.45) is 5.92 Å². The number of anilines is 2. The SMILES string of the molecule is CC[C@@H]([C@H](C)OC(C)=O)n1ncn(-c2ccc(N3CCN(c4ccc(OC[C@@H]5CO[C@@](Cn6cncn6)(c6ccc(F)cc6F)C5)cc4)CC3)cc2)c1=O. The summed E-state index contributed by atoms with van der Waals surface area (Å²) in [5.74, 6) is -0.977. The Kier molecular flexibility index (Phi) is 10.8. The molecule has 2 fully saturated rings. The summed E-state index contributed by atoms with van der Waals surface area (Å²) in [6.07, 6.45) is 5.05. The fourth-order valence-electron chi connectivity index (χ4n) is 7.57. The topological polar surface area (TPSA) is 122 Å². The van der Waals surface area contributed by atoms with Gasteiger partial charge in [-0.2, -0.15) is 10.2 Å². The summed E-state index contributed by atoms with van der Waals surface area (Å²) >= 11 is 0. The second-order valence-electron chi connectivity index (χ2n) is 13.9. The largest absolute Gasteiger partial charge is 0.493 e. The van der Waals surface area contributed by atoms with Crippen molar-refractivity contribution in [3.8, 4) is 11.4 Å². The molecule has 284 valence electrons. The molecular formula is C39H44F2N8O5. The van der Waals surface area contributed by atoms with E-state index < -0.39 is 29.3 Å². The molecule has 13 nitrogen and oxygen atoms in total. The summed E-state index contributed by atoms with van der Waals surface area (Å²) in [7, 11) is 0. The standard InChI is InChI=1S/C39H44F2N8O5/c1-4-37(27(2)54-28(3)50)49-38(51)48(26-44-49)33-8-6-31(7-9-33)45-15-17-46(18-16-45)32-10-12-34(13-11-32)52-21-29-20-39(53-22-29,23-47-25-42-24-43-47)35-14-5-30(40)19-36(35)41/h5-14,19,24-27,29,37H,4,15-18,20-23H2,1-3H3/t27-,29+,37-,39-/m0/s1. The van der Waals surface area contributed by atoms with Crippen molar-refractivity contribution in [2.75, 3.05) is 49.2 Å². The molecule has 4 heterocycles. The Bertz CT molecular complexity index is 2080. The molecule has 0 N–H and O–H groups in total. The third-order valence-electron chi connectivity index (χ3n) is 10.3. The van der Waals surface area contributed by atoms with Crippen LogP contribution in [0.4, 0.5) is 20.2 Å². The number of aromatic nitrogens is 6. The molecule has 2 aromatic heterocycles. The van der Waals surface area contributed by atoms with Crippen LogP contribution in [0.2, 0.25) is 0 Å². The predicted octanol–water partition coefficient (Wildman–Crippen LogP) is 5.14. The van der Waals surface area contributed by atoms with E-state index in [-0.39, 0.29) is 24.2 Å². The van der Waals surface area contributed by atoms with E-state index >= 15 is 0 Å². The van der Waals surface area contributed by atoms with Crippen molar-refractivity contribution in [1.82, 2.24) is 29.1 Å². The van der Waals surface area contributed by atoms with E-state index in [2.05, 4.69) is 37.1 Å². The maximum Gasteiger partial charge on any atom is 0.350 e. The van der Waals surface area contributed by atoms with Crippen molar-refractivity contribution in [1.29, 1.82) is 0 Å². The van der Waals surface area contributed by atoms with Gasteiger partial charge in [0, 0.05) is 62.0 Å². The number of hydrogen-bond donors (Lipinski definition) is 0. The number of nitrogens with zero attached hydrogens (tertiary/aromatic N) is 8. The third kappa shape index (κ3) is 7.86. The smallest absolute Gasteiger partial charge is 0.350 e. The first kappa shape index (κ1) is 36.8. The summed E-state index contributed by atoms with van der Waals surface area (Å²) in [5.41, 5.74) is 1.86. The van der Waals surface area contributed by atoms with E-state index in [1.54, 1.807) is 17.9 Å². The lowest BCUT2D eigenvalue weighted by molar-refractivity contribution is -0.147. The molecule has 0 radical (unpaired) electrons. The van der Waals surface area contributed by atoms with Gasteiger partial charge < -0.3 is 24.0 Å². The van der Waals surface area contributed by atoms with E-state index in [1.165, 1.54) is 41.0 Å². The molecule has 0 bridgehead atoms. The first-order valence-corrected chi connectivity index (χ1v) is 18.2. The van der Waals surface area contributed by atoms with Gasteiger partial charge in [-0.3, -0.25) is 4.79 Å². The maximum absolute atomic E-state index is 15.0. The minimum atomic E-state index is -1.02. The van der Waals surface area contributed by atoms with Crippen LogP contribution in [0.25, 0.3) is 5.69 Å². The number of carbonyl (C=O) groups is 1. The summed E-state index contributed by atoms with van der Waals surface area (Å²) in [5, 5.41) is 8.51. The highest BCUT2D eigenvalue weighted by atomic mass is 19.1. The number of piperazine rings is 1. The van der Waals surface area contributed by atoms with Crippen molar-refractivity contribution >= 4 is 17.3 Å². The molecule has 15 heteroatoms. The van der Waals surface area contributed by atoms with Gasteiger partial charge in [-0.1, -0.05) is 13.0 Å². The monoisotopic (exact) mass is 742 g/mol. The average molecular weight is 743 g/mol. The Morgan fingerprint density at radius 2 is 1.61 bits per heavy atom. The number of rotatable bonds is 13. The van der Waals surface area contributed by atoms with Gasteiger partial charge in [-0.05, 0) is 74.4 Å². The van der Waals surface area contributed by atoms with E-state index in [4.69, 9.17) is 14.2 Å². The average Bonchev–Trinajstić information content (AvgIpc) is 3.93. The Labute approximate surface area is 311 Å². The van der Waals surface area contributed by atoms with Gasteiger partial charge in [-0.15, -0.1) is 0 Å². The quantitative estimate of drug-likeness (QED) is 0.150. The fourth-order valence-corrected chi connectivity index (χ4v) is 7.57.